The maximum Gasteiger partial charge on any atom is 0.337 e. The molecular weight excluding hydrogens is 240 g/mol. The number of pyridine rings is 1. The molecule has 1 aromatic heterocycles. The van der Waals surface area contributed by atoms with Crippen LogP contribution in [0.1, 0.15) is 44.0 Å². The number of aromatic carboxylic acids is 1. The number of carbonyl (C=O) groups is 1. The van der Waals surface area contributed by atoms with Gasteiger partial charge in [-0.25, -0.2) is 9.78 Å². The van der Waals surface area contributed by atoms with Crippen LogP contribution in [0.25, 0.3) is 0 Å². The van der Waals surface area contributed by atoms with Gasteiger partial charge in [0.2, 0.25) is 0 Å². The summed E-state index contributed by atoms with van der Waals surface area (Å²) in [5.41, 5.74) is -0.0535. The molecule has 0 bridgehead atoms. The van der Waals surface area contributed by atoms with Gasteiger partial charge in [0.05, 0.1) is 10.6 Å². The zero-order valence-electron chi connectivity index (χ0n) is 10.2. The quantitative estimate of drug-likeness (QED) is 0.847. The molecule has 0 aliphatic rings. The topological polar surface area (TPSA) is 62.2 Å². The summed E-state index contributed by atoms with van der Waals surface area (Å²) in [6.45, 7) is 6.20. The highest BCUT2D eigenvalue weighted by atomic mass is 35.5. The average Bonchev–Trinajstić information content (AvgIpc) is 2.20. The van der Waals surface area contributed by atoms with Crippen LogP contribution in [0.3, 0.4) is 0 Å². The van der Waals surface area contributed by atoms with Crippen molar-refractivity contribution < 1.29 is 9.90 Å². The first-order chi connectivity index (χ1) is 7.85. The van der Waals surface area contributed by atoms with E-state index in [2.05, 4.69) is 17.2 Å². The third-order valence-corrected chi connectivity index (χ3v) is 2.73. The van der Waals surface area contributed by atoms with E-state index in [1.807, 2.05) is 13.8 Å². The lowest BCUT2D eigenvalue weighted by atomic mass is 9.99. The highest BCUT2D eigenvalue weighted by Crippen LogP contribution is 2.22. The molecule has 4 nitrogen and oxygen atoms in total. The van der Waals surface area contributed by atoms with E-state index in [1.165, 1.54) is 12.3 Å². The highest BCUT2D eigenvalue weighted by Gasteiger charge is 2.18. The Labute approximate surface area is 106 Å². The van der Waals surface area contributed by atoms with E-state index in [0.29, 0.717) is 5.82 Å². The number of carboxylic acid groups (broad SMARTS) is 1. The molecule has 0 fully saturated rings. The first-order valence-electron chi connectivity index (χ1n) is 5.53. The summed E-state index contributed by atoms with van der Waals surface area (Å²) >= 11 is 5.75. The van der Waals surface area contributed by atoms with Crippen molar-refractivity contribution in [3.8, 4) is 0 Å². The second-order valence-corrected chi connectivity index (χ2v) is 5.02. The number of aromatic nitrogens is 1. The summed E-state index contributed by atoms with van der Waals surface area (Å²) in [5, 5.41) is 12.3. The molecule has 0 atom stereocenters. The summed E-state index contributed by atoms with van der Waals surface area (Å²) < 4.78 is 0. The van der Waals surface area contributed by atoms with E-state index in [0.717, 1.165) is 12.8 Å². The largest absolute Gasteiger partial charge is 0.478 e. The summed E-state index contributed by atoms with van der Waals surface area (Å²) in [5.74, 6) is -0.515. The molecule has 0 radical (unpaired) electrons. The Balaban J connectivity index is 2.93. The summed E-state index contributed by atoms with van der Waals surface area (Å²) in [6.07, 6.45) is 3.37. The van der Waals surface area contributed by atoms with E-state index in [-0.39, 0.29) is 16.1 Å². The Morgan fingerprint density at radius 1 is 1.59 bits per heavy atom. The van der Waals surface area contributed by atoms with Crippen molar-refractivity contribution in [1.82, 2.24) is 4.98 Å². The van der Waals surface area contributed by atoms with Crippen LogP contribution >= 0.6 is 11.6 Å². The maximum atomic E-state index is 10.9. The number of hydrogen-bond donors (Lipinski definition) is 2. The first-order valence-corrected chi connectivity index (χ1v) is 5.90. The van der Waals surface area contributed by atoms with Crippen molar-refractivity contribution in [3.05, 3.63) is 22.8 Å². The Bertz CT molecular complexity index is 419. The molecular formula is C12H17ClN2O2. The van der Waals surface area contributed by atoms with Gasteiger partial charge in [-0.15, -0.1) is 0 Å². The van der Waals surface area contributed by atoms with Crippen LogP contribution in [0.4, 0.5) is 5.82 Å². The monoisotopic (exact) mass is 256 g/mol. The molecule has 0 amide bonds. The zero-order chi connectivity index (χ0) is 13.1. The Hall–Kier alpha value is -1.29. The van der Waals surface area contributed by atoms with E-state index < -0.39 is 5.97 Å². The number of rotatable bonds is 5. The van der Waals surface area contributed by atoms with Crippen molar-refractivity contribution in [3.63, 3.8) is 0 Å². The molecule has 5 heteroatoms. The third kappa shape index (κ3) is 3.89. The first kappa shape index (κ1) is 13.8. The standard InChI is InChI=1S/C12H17ClN2O2/c1-4-5-12(2,3)15-10-6-8(11(16)17)9(13)7-14-10/h6-7H,4-5H2,1-3H3,(H,14,15)(H,16,17). The van der Waals surface area contributed by atoms with Gasteiger partial charge in [-0.1, -0.05) is 24.9 Å². The third-order valence-electron chi connectivity index (χ3n) is 2.43. The minimum atomic E-state index is -1.05. The van der Waals surface area contributed by atoms with E-state index >= 15 is 0 Å². The summed E-state index contributed by atoms with van der Waals surface area (Å²) in [4.78, 5) is 15.0. The molecule has 0 unspecified atom stereocenters. The van der Waals surface area contributed by atoms with Gasteiger partial charge >= 0.3 is 5.97 Å². The van der Waals surface area contributed by atoms with Gasteiger partial charge in [0.25, 0.3) is 0 Å². The van der Waals surface area contributed by atoms with Gasteiger partial charge in [-0.05, 0) is 26.3 Å². The van der Waals surface area contributed by atoms with E-state index in [4.69, 9.17) is 16.7 Å². The van der Waals surface area contributed by atoms with Crippen LogP contribution in [0.15, 0.2) is 12.3 Å². The number of anilines is 1. The van der Waals surface area contributed by atoms with Crippen LogP contribution in [-0.2, 0) is 0 Å². The molecule has 0 aromatic carbocycles. The SMILES string of the molecule is CCCC(C)(C)Nc1cc(C(=O)O)c(Cl)cn1. The van der Waals surface area contributed by atoms with Gasteiger partial charge < -0.3 is 10.4 Å². The molecule has 94 valence electrons. The van der Waals surface area contributed by atoms with Crippen molar-refractivity contribution in [2.24, 2.45) is 0 Å². The van der Waals surface area contributed by atoms with Crippen LogP contribution in [0.5, 0.6) is 0 Å². The number of hydrogen-bond acceptors (Lipinski definition) is 3. The normalized spacial score (nSPS) is 11.3. The van der Waals surface area contributed by atoms with E-state index in [9.17, 15) is 4.79 Å². The Morgan fingerprint density at radius 2 is 2.24 bits per heavy atom. The molecule has 1 heterocycles. The van der Waals surface area contributed by atoms with Crippen molar-refractivity contribution in [2.75, 3.05) is 5.32 Å². The Morgan fingerprint density at radius 3 is 2.76 bits per heavy atom. The predicted octanol–water partition coefficient (Wildman–Crippen LogP) is 3.42. The van der Waals surface area contributed by atoms with Gasteiger partial charge in [-0.2, -0.15) is 0 Å². The summed E-state index contributed by atoms with van der Waals surface area (Å²) in [6, 6.07) is 1.46. The molecule has 17 heavy (non-hydrogen) atoms. The minimum absolute atomic E-state index is 0.0662. The number of nitrogens with zero attached hydrogens (tertiary/aromatic N) is 1. The smallest absolute Gasteiger partial charge is 0.337 e. The Kier molecular flexibility index (Phi) is 4.34. The minimum Gasteiger partial charge on any atom is -0.478 e. The molecule has 1 aromatic rings. The van der Waals surface area contributed by atoms with Crippen LogP contribution < -0.4 is 5.32 Å². The van der Waals surface area contributed by atoms with E-state index in [1.54, 1.807) is 0 Å². The van der Waals surface area contributed by atoms with Crippen LogP contribution in [0, 0.1) is 0 Å². The predicted molar refractivity (Wildman–Crippen MR) is 68.8 cm³/mol. The molecule has 2 N–H and O–H groups in total. The molecule has 0 aliphatic heterocycles. The molecule has 1 rings (SSSR count). The van der Waals surface area contributed by atoms with Gasteiger partial charge in [0.1, 0.15) is 5.82 Å². The lowest BCUT2D eigenvalue weighted by molar-refractivity contribution is 0.0697. The highest BCUT2D eigenvalue weighted by molar-refractivity contribution is 6.33. The van der Waals surface area contributed by atoms with Crippen molar-refractivity contribution in [1.29, 1.82) is 0 Å². The lowest BCUT2D eigenvalue weighted by Gasteiger charge is -2.26. The fourth-order valence-corrected chi connectivity index (χ4v) is 1.89. The maximum absolute atomic E-state index is 10.9. The van der Waals surface area contributed by atoms with Gasteiger partial charge in [-0.3, -0.25) is 0 Å². The van der Waals surface area contributed by atoms with Gasteiger partial charge in [0, 0.05) is 11.7 Å². The fraction of sp³-hybridized carbons (Fsp3) is 0.500. The zero-order valence-corrected chi connectivity index (χ0v) is 11.0. The average molecular weight is 257 g/mol. The fourth-order valence-electron chi connectivity index (χ4n) is 1.71. The number of halogens is 1. The van der Waals surface area contributed by atoms with Crippen LogP contribution in [0.2, 0.25) is 5.02 Å². The second kappa shape index (κ2) is 5.36. The second-order valence-electron chi connectivity index (χ2n) is 4.61. The lowest BCUT2D eigenvalue weighted by Crippen LogP contribution is -2.31. The summed E-state index contributed by atoms with van der Waals surface area (Å²) in [7, 11) is 0. The molecule has 0 saturated heterocycles. The number of carboxylic acids is 1. The van der Waals surface area contributed by atoms with Crippen molar-refractivity contribution >= 4 is 23.4 Å². The van der Waals surface area contributed by atoms with Crippen LogP contribution in [-0.4, -0.2) is 21.6 Å². The molecule has 0 spiro atoms. The molecule has 0 saturated carbocycles. The molecule has 0 aliphatic carbocycles. The van der Waals surface area contributed by atoms with Crippen molar-refractivity contribution in [2.45, 2.75) is 39.2 Å². The van der Waals surface area contributed by atoms with Gasteiger partial charge in [0.15, 0.2) is 0 Å². The number of nitrogens with one attached hydrogen (secondary N) is 1.